The first kappa shape index (κ1) is 9.46. The lowest BCUT2D eigenvalue weighted by atomic mass is 10.1. The maximum Gasteiger partial charge on any atom is 0.115 e. The van der Waals surface area contributed by atoms with E-state index in [1.165, 1.54) is 11.1 Å². The maximum atomic E-state index is 12.0. The number of fused-ring (bicyclic) bond motifs is 1. The number of benzene rings is 1. The number of aryl methyl sites for hydroxylation is 1. The second-order valence-corrected chi connectivity index (χ2v) is 3.62. The molecule has 1 aliphatic carbocycles. The van der Waals surface area contributed by atoms with E-state index in [2.05, 4.69) is 5.32 Å². The van der Waals surface area contributed by atoms with Crippen LogP contribution in [0, 0.1) is 0 Å². The van der Waals surface area contributed by atoms with E-state index < -0.39 is 0 Å². The Morgan fingerprint density at radius 2 is 2.36 bits per heavy atom. The molecule has 1 aromatic rings. The third-order valence-electron chi connectivity index (χ3n) is 2.69. The maximum absolute atomic E-state index is 12.0. The molecule has 0 amide bonds. The molecule has 0 saturated heterocycles. The molecule has 1 aromatic carbocycles. The predicted octanol–water partition coefficient (Wildman–Crippen LogP) is 1.94. The summed E-state index contributed by atoms with van der Waals surface area (Å²) in [7, 11) is 0. The lowest BCUT2D eigenvalue weighted by Gasteiger charge is -2.12. The Hall–Kier alpha value is -1.09. The SMILES string of the molecule is Oc1ccc2c(c1)CCC2NCCF. The van der Waals surface area contributed by atoms with E-state index in [0.29, 0.717) is 12.3 Å². The third-order valence-corrected chi connectivity index (χ3v) is 2.69. The van der Waals surface area contributed by atoms with Crippen LogP contribution >= 0.6 is 0 Å². The van der Waals surface area contributed by atoms with Gasteiger partial charge in [-0.05, 0) is 36.1 Å². The van der Waals surface area contributed by atoms with Crippen molar-refractivity contribution in [3.05, 3.63) is 29.3 Å². The standard InChI is InChI=1S/C11H14FNO/c12-5-6-13-11-4-1-8-7-9(14)2-3-10(8)11/h2-3,7,11,13-14H,1,4-6H2. The number of alkyl halides is 1. The molecule has 1 unspecified atom stereocenters. The van der Waals surface area contributed by atoms with Crippen LogP contribution in [0.5, 0.6) is 5.75 Å². The van der Waals surface area contributed by atoms with Crippen LogP contribution in [0.25, 0.3) is 0 Å². The van der Waals surface area contributed by atoms with E-state index in [4.69, 9.17) is 0 Å². The number of rotatable bonds is 3. The Morgan fingerprint density at radius 1 is 1.50 bits per heavy atom. The van der Waals surface area contributed by atoms with E-state index in [9.17, 15) is 9.50 Å². The fourth-order valence-electron chi connectivity index (χ4n) is 2.04. The molecule has 0 aliphatic heterocycles. The first-order chi connectivity index (χ1) is 6.81. The van der Waals surface area contributed by atoms with Crippen molar-refractivity contribution in [3.8, 4) is 5.75 Å². The first-order valence-corrected chi connectivity index (χ1v) is 4.92. The topological polar surface area (TPSA) is 32.3 Å². The van der Waals surface area contributed by atoms with Gasteiger partial charge in [0.05, 0.1) is 0 Å². The third kappa shape index (κ3) is 1.73. The summed E-state index contributed by atoms with van der Waals surface area (Å²) in [6.45, 7) is 0.0783. The van der Waals surface area contributed by atoms with Gasteiger partial charge in [0.25, 0.3) is 0 Å². The second kappa shape index (κ2) is 3.96. The molecule has 76 valence electrons. The van der Waals surface area contributed by atoms with E-state index >= 15 is 0 Å². The average molecular weight is 195 g/mol. The lowest BCUT2D eigenvalue weighted by Crippen LogP contribution is -2.21. The van der Waals surface area contributed by atoms with Crippen molar-refractivity contribution < 1.29 is 9.50 Å². The molecule has 0 radical (unpaired) electrons. The molecule has 1 atom stereocenters. The summed E-state index contributed by atoms with van der Waals surface area (Å²) in [5.41, 5.74) is 2.39. The van der Waals surface area contributed by atoms with Crippen molar-refractivity contribution >= 4 is 0 Å². The van der Waals surface area contributed by atoms with Gasteiger partial charge >= 0.3 is 0 Å². The Labute approximate surface area is 82.8 Å². The summed E-state index contributed by atoms with van der Waals surface area (Å²) >= 11 is 0. The van der Waals surface area contributed by atoms with Crippen molar-refractivity contribution in [3.63, 3.8) is 0 Å². The quantitative estimate of drug-likeness (QED) is 0.772. The van der Waals surface area contributed by atoms with Crippen molar-refractivity contribution in [1.29, 1.82) is 0 Å². The van der Waals surface area contributed by atoms with Crippen molar-refractivity contribution in [2.24, 2.45) is 0 Å². The van der Waals surface area contributed by atoms with Crippen LogP contribution in [-0.4, -0.2) is 18.3 Å². The summed E-state index contributed by atoms with van der Waals surface area (Å²) in [6, 6.07) is 5.68. The number of hydrogen-bond donors (Lipinski definition) is 2. The molecule has 2 N–H and O–H groups in total. The van der Waals surface area contributed by atoms with Gasteiger partial charge < -0.3 is 10.4 Å². The second-order valence-electron chi connectivity index (χ2n) is 3.62. The molecular formula is C11H14FNO. The summed E-state index contributed by atoms with van der Waals surface area (Å²) < 4.78 is 12.0. The lowest BCUT2D eigenvalue weighted by molar-refractivity contribution is 0.433. The minimum absolute atomic E-state index is 0.265. The van der Waals surface area contributed by atoms with Gasteiger partial charge in [-0.2, -0.15) is 0 Å². The van der Waals surface area contributed by atoms with Gasteiger partial charge in [0.2, 0.25) is 0 Å². The smallest absolute Gasteiger partial charge is 0.115 e. The van der Waals surface area contributed by atoms with E-state index in [0.717, 1.165) is 12.8 Å². The highest BCUT2D eigenvalue weighted by Gasteiger charge is 2.21. The van der Waals surface area contributed by atoms with Gasteiger partial charge in [-0.3, -0.25) is 0 Å². The molecule has 1 aliphatic rings. The van der Waals surface area contributed by atoms with Gasteiger partial charge in [0, 0.05) is 12.6 Å². The average Bonchev–Trinajstić information content (AvgIpc) is 2.57. The number of nitrogens with one attached hydrogen (secondary N) is 1. The Morgan fingerprint density at radius 3 is 3.14 bits per heavy atom. The molecule has 0 heterocycles. The molecular weight excluding hydrogens is 181 g/mol. The van der Waals surface area contributed by atoms with Crippen LogP contribution < -0.4 is 5.32 Å². The summed E-state index contributed by atoms with van der Waals surface area (Å²) in [4.78, 5) is 0. The Kier molecular flexibility index (Phi) is 2.68. The van der Waals surface area contributed by atoms with Crippen LogP contribution in [0.1, 0.15) is 23.6 Å². The minimum Gasteiger partial charge on any atom is -0.508 e. The van der Waals surface area contributed by atoms with Crippen LogP contribution in [-0.2, 0) is 6.42 Å². The van der Waals surface area contributed by atoms with E-state index in [-0.39, 0.29) is 12.7 Å². The van der Waals surface area contributed by atoms with Gasteiger partial charge in [-0.25, -0.2) is 4.39 Å². The normalized spacial score (nSPS) is 19.6. The molecule has 0 fully saturated rings. The Balaban J connectivity index is 2.14. The molecule has 2 rings (SSSR count). The summed E-state index contributed by atoms with van der Waals surface area (Å²) in [6.07, 6.45) is 1.96. The zero-order valence-corrected chi connectivity index (χ0v) is 7.96. The van der Waals surface area contributed by atoms with Crippen LogP contribution in [0.2, 0.25) is 0 Å². The molecule has 0 aromatic heterocycles. The molecule has 14 heavy (non-hydrogen) atoms. The van der Waals surface area contributed by atoms with Crippen molar-refractivity contribution in [2.75, 3.05) is 13.2 Å². The summed E-state index contributed by atoms with van der Waals surface area (Å²) in [5, 5.41) is 12.4. The van der Waals surface area contributed by atoms with Crippen LogP contribution in [0.15, 0.2) is 18.2 Å². The molecule has 0 bridgehead atoms. The van der Waals surface area contributed by atoms with Crippen molar-refractivity contribution in [2.45, 2.75) is 18.9 Å². The highest BCUT2D eigenvalue weighted by Crippen LogP contribution is 2.32. The monoisotopic (exact) mass is 195 g/mol. The first-order valence-electron chi connectivity index (χ1n) is 4.92. The van der Waals surface area contributed by atoms with Crippen molar-refractivity contribution in [1.82, 2.24) is 5.32 Å². The molecule has 3 heteroatoms. The van der Waals surface area contributed by atoms with Gasteiger partial charge in [0.1, 0.15) is 12.4 Å². The number of phenols is 1. The number of phenolic OH excluding ortho intramolecular Hbond substituents is 1. The number of halogens is 1. The molecule has 0 saturated carbocycles. The fraction of sp³-hybridized carbons (Fsp3) is 0.455. The zero-order valence-electron chi connectivity index (χ0n) is 7.96. The van der Waals surface area contributed by atoms with Gasteiger partial charge in [-0.1, -0.05) is 6.07 Å². The number of aromatic hydroxyl groups is 1. The van der Waals surface area contributed by atoms with Gasteiger partial charge in [0.15, 0.2) is 0 Å². The minimum atomic E-state index is -0.329. The van der Waals surface area contributed by atoms with E-state index in [1.807, 2.05) is 6.07 Å². The highest BCUT2D eigenvalue weighted by atomic mass is 19.1. The van der Waals surface area contributed by atoms with Crippen LogP contribution in [0.4, 0.5) is 4.39 Å². The zero-order chi connectivity index (χ0) is 9.97. The fourth-order valence-corrected chi connectivity index (χ4v) is 2.04. The van der Waals surface area contributed by atoms with Crippen LogP contribution in [0.3, 0.4) is 0 Å². The number of hydrogen-bond acceptors (Lipinski definition) is 2. The summed E-state index contributed by atoms with van der Waals surface area (Å²) in [5.74, 6) is 0.315. The molecule has 0 spiro atoms. The van der Waals surface area contributed by atoms with E-state index in [1.54, 1.807) is 12.1 Å². The highest BCUT2D eigenvalue weighted by molar-refractivity contribution is 5.39. The predicted molar refractivity (Wildman–Crippen MR) is 53.1 cm³/mol. The van der Waals surface area contributed by atoms with Gasteiger partial charge in [-0.15, -0.1) is 0 Å². The largest absolute Gasteiger partial charge is 0.508 e. The Bertz CT molecular complexity index is 327. The molecule has 2 nitrogen and oxygen atoms in total.